The number of halogens is 1. The lowest BCUT2D eigenvalue weighted by atomic mass is 9.82. The Morgan fingerprint density at radius 1 is 1.23 bits per heavy atom. The van der Waals surface area contributed by atoms with Crippen LogP contribution < -0.4 is 4.90 Å². The molecule has 1 saturated heterocycles. The summed E-state index contributed by atoms with van der Waals surface area (Å²) < 4.78 is 7.46. The number of rotatable bonds is 7. The number of hydrogen-bond acceptors (Lipinski definition) is 5. The van der Waals surface area contributed by atoms with Crippen molar-refractivity contribution in [2.24, 2.45) is 5.92 Å². The summed E-state index contributed by atoms with van der Waals surface area (Å²) >= 11 is 3.52. The number of hydrogen-bond donors (Lipinski definition) is 2. The van der Waals surface area contributed by atoms with Gasteiger partial charge >= 0.3 is 0 Å². The van der Waals surface area contributed by atoms with Gasteiger partial charge in [0, 0.05) is 41.6 Å². The molecule has 4 rings (SSSR count). The Balaban J connectivity index is 1.68. The quantitative estimate of drug-likeness (QED) is 0.504. The minimum atomic E-state index is -2.85. The standard InChI is InChI=1S/C26H33BrN2O5Si/c1-17-24(35(3,4)33)22(15-23(31)29(12-13-30)16-18-8-6-5-7-9-18)34-26(17)20-14-19(27)10-11-21(20)28(2)25(26)32/h5-11,14,17,22,24,30,33H,12-13,15-16H2,1-4H3/t17-,22+,24-,26+/m1/s1. The molecule has 2 aromatic rings. The van der Waals surface area contributed by atoms with Crippen LogP contribution in [0.4, 0.5) is 5.69 Å². The summed E-state index contributed by atoms with van der Waals surface area (Å²) in [4.78, 5) is 41.7. The van der Waals surface area contributed by atoms with Crippen molar-refractivity contribution in [3.05, 3.63) is 64.1 Å². The second kappa shape index (κ2) is 9.78. The lowest BCUT2D eigenvalue weighted by molar-refractivity contribution is -0.149. The molecular weight excluding hydrogens is 528 g/mol. The summed E-state index contributed by atoms with van der Waals surface area (Å²) in [7, 11) is -1.12. The smallest absolute Gasteiger partial charge is 0.264 e. The van der Waals surface area contributed by atoms with E-state index in [-0.39, 0.29) is 42.8 Å². The molecule has 35 heavy (non-hydrogen) atoms. The fraction of sp³-hybridized carbons (Fsp3) is 0.462. The maximum absolute atomic E-state index is 13.7. The summed E-state index contributed by atoms with van der Waals surface area (Å²) in [6.07, 6.45) is -0.593. The van der Waals surface area contributed by atoms with Crippen molar-refractivity contribution in [3.63, 3.8) is 0 Å². The van der Waals surface area contributed by atoms with Gasteiger partial charge in [-0.2, -0.15) is 0 Å². The molecule has 0 aliphatic carbocycles. The molecule has 2 aliphatic rings. The van der Waals surface area contributed by atoms with Gasteiger partial charge in [-0.1, -0.05) is 53.2 Å². The Labute approximate surface area is 216 Å². The van der Waals surface area contributed by atoms with Crippen LogP contribution in [0.15, 0.2) is 53.0 Å². The van der Waals surface area contributed by atoms with Gasteiger partial charge in [-0.15, -0.1) is 0 Å². The molecule has 2 aromatic carbocycles. The molecule has 0 aromatic heterocycles. The molecule has 2 heterocycles. The van der Waals surface area contributed by atoms with E-state index >= 15 is 0 Å². The molecule has 2 aliphatic heterocycles. The van der Waals surface area contributed by atoms with E-state index in [9.17, 15) is 19.5 Å². The predicted molar refractivity (Wildman–Crippen MR) is 140 cm³/mol. The monoisotopic (exact) mass is 560 g/mol. The average Bonchev–Trinajstić information content (AvgIpc) is 3.21. The Bertz CT molecular complexity index is 1110. The Morgan fingerprint density at radius 2 is 1.91 bits per heavy atom. The van der Waals surface area contributed by atoms with E-state index in [0.29, 0.717) is 6.54 Å². The molecule has 9 heteroatoms. The second-order valence-corrected chi connectivity index (χ2v) is 15.0. The molecule has 0 radical (unpaired) electrons. The van der Waals surface area contributed by atoms with Crippen molar-refractivity contribution in [3.8, 4) is 0 Å². The van der Waals surface area contributed by atoms with Crippen LogP contribution in [0.3, 0.4) is 0 Å². The third-order valence-electron chi connectivity index (χ3n) is 7.39. The van der Waals surface area contributed by atoms with E-state index in [1.165, 1.54) is 0 Å². The molecule has 0 unspecified atom stereocenters. The van der Waals surface area contributed by atoms with Crippen LogP contribution >= 0.6 is 15.9 Å². The zero-order valence-electron chi connectivity index (χ0n) is 20.6. The van der Waals surface area contributed by atoms with Crippen molar-refractivity contribution < 1.29 is 24.2 Å². The van der Waals surface area contributed by atoms with E-state index in [4.69, 9.17) is 4.74 Å². The Morgan fingerprint density at radius 3 is 2.54 bits per heavy atom. The lowest BCUT2D eigenvalue weighted by Crippen LogP contribution is -2.45. The lowest BCUT2D eigenvalue weighted by Gasteiger charge is -2.32. The van der Waals surface area contributed by atoms with E-state index in [0.717, 1.165) is 21.3 Å². The highest BCUT2D eigenvalue weighted by Crippen LogP contribution is 2.59. The number of benzene rings is 2. The number of carbonyl (C=O) groups is 2. The largest absolute Gasteiger partial charge is 0.432 e. The van der Waals surface area contributed by atoms with E-state index in [1.807, 2.05) is 68.5 Å². The van der Waals surface area contributed by atoms with Crippen molar-refractivity contribution in [2.75, 3.05) is 25.1 Å². The molecule has 1 fully saturated rings. The minimum Gasteiger partial charge on any atom is -0.432 e. The number of nitrogens with zero attached hydrogens (tertiary/aromatic N) is 2. The van der Waals surface area contributed by atoms with Crippen LogP contribution in [0, 0.1) is 5.92 Å². The summed E-state index contributed by atoms with van der Waals surface area (Å²) in [6.45, 7) is 6.05. The maximum atomic E-state index is 13.7. The summed E-state index contributed by atoms with van der Waals surface area (Å²) in [5, 5.41) is 9.60. The first-order valence-electron chi connectivity index (χ1n) is 11.9. The van der Waals surface area contributed by atoms with Gasteiger partial charge in [-0.25, -0.2) is 0 Å². The van der Waals surface area contributed by atoms with Gasteiger partial charge in [0.2, 0.25) is 5.91 Å². The third kappa shape index (κ3) is 4.60. The first-order chi connectivity index (χ1) is 16.5. The first-order valence-corrected chi connectivity index (χ1v) is 15.7. The molecule has 4 atom stereocenters. The van der Waals surface area contributed by atoms with Crippen molar-refractivity contribution in [2.45, 2.75) is 50.2 Å². The Hall–Kier alpha value is -2.04. The van der Waals surface area contributed by atoms with Crippen molar-refractivity contribution >= 4 is 41.7 Å². The van der Waals surface area contributed by atoms with Crippen LogP contribution in [-0.2, 0) is 26.5 Å². The minimum absolute atomic E-state index is 0.0287. The van der Waals surface area contributed by atoms with Crippen LogP contribution in [0.2, 0.25) is 18.6 Å². The van der Waals surface area contributed by atoms with Gasteiger partial charge in [0.25, 0.3) is 5.91 Å². The van der Waals surface area contributed by atoms with Crippen LogP contribution in [-0.4, -0.2) is 61.2 Å². The number of anilines is 1. The highest BCUT2D eigenvalue weighted by Gasteiger charge is 2.66. The average molecular weight is 562 g/mol. The van der Waals surface area contributed by atoms with Crippen LogP contribution in [0.5, 0.6) is 0 Å². The van der Waals surface area contributed by atoms with Gasteiger partial charge in [0.1, 0.15) is 0 Å². The topological polar surface area (TPSA) is 90.3 Å². The fourth-order valence-electron chi connectivity index (χ4n) is 5.87. The molecule has 2 amide bonds. The van der Waals surface area contributed by atoms with Crippen molar-refractivity contribution in [1.29, 1.82) is 0 Å². The van der Waals surface area contributed by atoms with E-state index in [1.54, 1.807) is 16.8 Å². The number of aliphatic hydroxyl groups is 1. The van der Waals surface area contributed by atoms with Gasteiger partial charge < -0.3 is 24.4 Å². The SMILES string of the molecule is C[C@@H]1[C@@H]([Si](C)(C)O)[C@H](CC(=O)N(CCO)Cc2ccccc2)O[C@@]12C(=O)N(C)c1ccc(Br)cc12. The number of carbonyl (C=O) groups excluding carboxylic acids is 2. The number of aliphatic hydroxyl groups excluding tert-OH is 1. The first kappa shape index (κ1) is 26.0. The highest BCUT2D eigenvalue weighted by atomic mass is 79.9. The third-order valence-corrected chi connectivity index (χ3v) is 10.4. The predicted octanol–water partition coefficient (Wildman–Crippen LogP) is 3.63. The number of fused-ring (bicyclic) bond motifs is 2. The number of ether oxygens (including phenoxy) is 1. The summed E-state index contributed by atoms with van der Waals surface area (Å²) in [5.41, 5.74) is 0.922. The van der Waals surface area contributed by atoms with Crippen molar-refractivity contribution in [1.82, 2.24) is 4.90 Å². The zero-order chi connectivity index (χ0) is 25.5. The molecule has 0 saturated carbocycles. The molecule has 2 N–H and O–H groups in total. The molecule has 1 spiro atoms. The molecular formula is C26H33BrN2O5Si. The van der Waals surface area contributed by atoms with Gasteiger partial charge in [-0.05, 0) is 36.9 Å². The van der Waals surface area contributed by atoms with E-state index in [2.05, 4.69) is 15.9 Å². The highest BCUT2D eigenvalue weighted by molar-refractivity contribution is 9.10. The molecule has 7 nitrogen and oxygen atoms in total. The second-order valence-electron chi connectivity index (χ2n) is 10.1. The normalized spacial score (nSPS) is 25.9. The summed E-state index contributed by atoms with van der Waals surface area (Å²) in [5.74, 6) is -0.667. The number of amides is 2. The van der Waals surface area contributed by atoms with Crippen LogP contribution in [0.1, 0.15) is 24.5 Å². The zero-order valence-corrected chi connectivity index (χ0v) is 23.2. The van der Waals surface area contributed by atoms with Gasteiger partial charge in [0.05, 0.1) is 24.8 Å². The van der Waals surface area contributed by atoms with Gasteiger partial charge in [-0.3, -0.25) is 9.59 Å². The summed E-state index contributed by atoms with van der Waals surface area (Å²) in [6, 6.07) is 15.3. The molecule has 0 bridgehead atoms. The van der Waals surface area contributed by atoms with E-state index < -0.39 is 20.0 Å². The van der Waals surface area contributed by atoms with Gasteiger partial charge in [0.15, 0.2) is 13.9 Å². The Kier molecular flexibility index (Phi) is 7.27. The van der Waals surface area contributed by atoms with Crippen LogP contribution in [0.25, 0.3) is 0 Å². The maximum Gasteiger partial charge on any atom is 0.264 e. The molecule has 188 valence electrons. The fourth-order valence-corrected chi connectivity index (χ4v) is 8.79. The number of likely N-dealkylation sites (N-methyl/N-ethyl adjacent to an activating group) is 1.